The van der Waals surface area contributed by atoms with Crippen LogP contribution in [0.5, 0.6) is 0 Å². The first-order valence-corrected chi connectivity index (χ1v) is 8.92. The maximum Gasteiger partial charge on any atom is 0.256 e. The Labute approximate surface area is 139 Å². The van der Waals surface area contributed by atoms with Gasteiger partial charge >= 0.3 is 0 Å². The van der Waals surface area contributed by atoms with Crippen LogP contribution in [0.3, 0.4) is 0 Å². The van der Waals surface area contributed by atoms with Gasteiger partial charge < -0.3 is 15.5 Å². The highest BCUT2D eigenvalue weighted by molar-refractivity contribution is 7.16. The molecule has 120 valence electrons. The molecular weight excluding hydrogens is 308 g/mol. The lowest BCUT2D eigenvalue weighted by Gasteiger charge is -2.28. The molecule has 5 nitrogen and oxygen atoms in total. The second-order valence-electron chi connectivity index (χ2n) is 6.50. The molecule has 0 fully saturated rings. The first-order valence-electron chi connectivity index (χ1n) is 8.11. The molecule has 2 atom stereocenters. The van der Waals surface area contributed by atoms with E-state index in [0.29, 0.717) is 6.04 Å². The average molecular weight is 329 g/mol. The molecule has 0 saturated heterocycles. The standard InChI is InChI=1S/C17H20N4OS/c1-10(2)21-8-6-11-13(9-21)23-17-14(11)16(22)19-15(20-17)12-5-3-4-7-18-12/h3-5,7,10,15,20H,6,8-9H2,1-2H3,(H,19,22)/p+1/t15-/m0/s1. The fraction of sp³-hybridized carbons (Fsp3) is 0.412. The zero-order chi connectivity index (χ0) is 16.0. The lowest BCUT2D eigenvalue weighted by Crippen LogP contribution is -3.14. The van der Waals surface area contributed by atoms with Crippen LogP contribution in [0.4, 0.5) is 5.00 Å². The highest BCUT2D eigenvalue weighted by Crippen LogP contribution is 2.38. The van der Waals surface area contributed by atoms with E-state index >= 15 is 0 Å². The molecule has 4 rings (SSSR count). The number of hydrogen-bond acceptors (Lipinski definition) is 4. The predicted molar refractivity (Wildman–Crippen MR) is 90.8 cm³/mol. The van der Waals surface area contributed by atoms with E-state index in [1.165, 1.54) is 10.4 Å². The summed E-state index contributed by atoms with van der Waals surface area (Å²) in [5.74, 6) is 0.0277. The quantitative estimate of drug-likeness (QED) is 0.779. The van der Waals surface area contributed by atoms with Gasteiger partial charge in [-0.3, -0.25) is 9.78 Å². The van der Waals surface area contributed by atoms with Gasteiger partial charge in [0.25, 0.3) is 5.91 Å². The van der Waals surface area contributed by atoms with Crippen molar-refractivity contribution in [3.63, 3.8) is 0 Å². The van der Waals surface area contributed by atoms with Crippen LogP contribution in [0.1, 0.15) is 46.5 Å². The normalized spacial score (nSPS) is 23.0. The molecule has 4 heterocycles. The average Bonchev–Trinajstić information content (AvgIpc) is 2.93. The summed E-state index contributed by atoms with van der Waals surface area (Å²) in [6.45, 7) is 6.64. The highest BCUT2D eigenvalue weighted by Gasteiger charge is 2.35. The first kappa shape index (κ1) is 14.7. The summed E-state index contributed by atoms with van der Waals surface area (Å²) < 4.78 is 0. The Morgan fingerprint density at radius 3 is 2.96 bits per heavy atom. The number of pyridine rings is 1. The number of carbonyl (C=O) groups excluding carboxylic acids is 1. The van der Waals surface area contributed by atoms with Gasteiger partial charge in [-0.25, -0.2) is 0 Å². The van der Waals surface area contributed by atoms with E-state index in [1.807, 2.05) is 18.2 Å². The van der Waals surface area contributed by atoms with E-state index in [9.17, 15) is 4.79 Å². The van der Waals surface area contributed by atoms with E-state index in [-0.39, 0.29) is 12.1 Å². The van der Waals surface area contributed by atoms with E-state index in [0.717, 1.165) is 35.8 Å². The Hall–Kier alpha value is -1.92. The summed E-state index contributed by atoms with van der Waals surface area (Å²) in [5.41, 5.74) is 2.95. The number of hydrogen-bond donors (Lipinski definition) is 3. The number of fused-ring (bicyclic) bond motifs is 3. The minimum atomic E-state index is -0.246. The Kier molecular flexibility index (Phi) is 3.58. The van der Waals surface area contributed by atoms with Crippen LogP contribution in [0.15, 0.2) is 24.4 Å². The van der Waals surface area contributed by atoms with E-state index in [1.54, 1.807) is 22.4 Å². The van der Waals surface area contributed by atoms with Crippen LogP contribution in [-0.4, -0.2) is 23.5 Å². The molecule has 2 aliphatic rings. The van der Waals surface area contributed by atoms with Crippen molar-refractivity contribution < 1.29 is 9.69 Å². The second kappa shape index (κ2) is 5.62. The molecule has 23 heavy (non-hydrogen) atoms. The topological polar surface area (TPSA) is 58.5 Å². The van der Waals surface area contributed by atoms with Crippen molar-refractivity contribution in [2.75, 3.05) is 11.9 Å². The van der Waals surface area contributed by atoms with Gasteiger partial charge in [0.05, 0.1) is 28.7 Å². The van der Waals surface area contributed by atoms with Gasteiger partial charge in [0.15, 0.2) is 0 Å². The number of quaternary nitrogens is 1. The molecule has 2 aromatic heterocycles. The first-order chi connectivity index (χ1) is 11.1. The minimum Gasteiger partial charge on any atom is -0.351 e. The number of nitrogens with zero attached hydrogens (tertiary/aromatic N) is 1. The van der Waals surface area contributed by atoms with E-state index in [4.69, 9.17) is 0 Å². The molecule has 0 aromatic carbocycles. The van der Waals surface area contributed by atoms with Gasteiger partial charge in [0, 0.05) is 12.6 Å². The molecule has 2 aliphatic heterocycles. The van der Waals surface area contributed by atoms with Gasteiger partial charge in [-0.2, -0.15) is 0 Å². The second-order valence-corrected chi connectivity index (χ2v) is 7.61. The van der Waals surface area contributed by atoms with Crippen LogP contribution in [0.2, 0.25) is 0 Å². The van der Waals surface area contributed by atoms with Crippen LogP contribution in [0.25, 0.3) is 0 Å². The van der Waals surface area contributed by atoms with Gasteiger partial charge in [0.1, 0.15) is 17.7 Å². The molecule has 2 aromatic rings. The summed E-state index contributed by atoms with van der Waals surface area (Å²) in [5, 5.41) is 7.51. The zero-order valence-corrected chi connectivity index (χ0v) is 14.2. The highest BCUT2D eigenvalue weighted by atomic mass is 32.1. The summed E-state index contributed by atoms with van der Waals surface area (Å²) in [7, 11) is 0. The molecule has 0 radical (unpaired) electrons. The van der Waals surface area contributed by atoms with Crippen LogP contribution >= 0.6 is 11.3 Å². The summed E-state index contributed by atoms with van der Waals surface area (Å²) in [6, 6.07) is 6.37. The molecule has 0 spiro atoms. The Morgan fingerprint density at radius 1 is 1.35 bits per heavy atom. The summed E-state index contributed by atoms with van der Waals surface area (Å²) >= 11 is 1.74. The smallest absolute Gasteiger partial charge is 0.256 e. The number of amides is 1. The van der Waals surface area contributed by atoms with Crippen molar-refractivity contribution in [2.45, 2.75) is 39.0 Å². The molecule has 3 N–H and O–H groups in total. The molecule has 0 bridgehead atoms. The van der Waals surface area contributed by atoms with E-state index in [2.05, 4.69) is 29.5 Å². The number of carbonyl (C=O) groups is 1. The third-order valence-electron chi connectivity index (χ3n) is 4.75. The minimum absolute atomic E-state index is 0.0277. The van der Waals surface area contributed by atoms with Crippen molar-refractivity contribution >= 4 is 22.2 Å². The van der Waals surface area contributed by atoms with Crippen molar-refractivity contribution in [2.24, 2.45) is 0 Å². The van der Waals surface area contributed by atoms with Crippen molar-refractivity contribution in [3.05, 3.63) is 46.1 Å². The lowest BCUT2D eigenvalue weighted by molar-refractivity contribution is -0.936. The Balaban J connectivity index is 1.66. The lowest BCUT2D eigenvalue weighted by atomic mass is 10.00. The molecule has 1 amide bonds. The predicted octanol–water partition coefficient (Wildman–Crippen LogP) is 1.35. The van der Waals surface area contributed by atoms with Gasteiger partial charge in [-0.05, 0) is 31.5 Å². The van der Waals surface area contributed by atoms with Crippen LogP contribution < -0.4 is 15.5 Å². The summed E-state index contributed by atoms with van der Waals surface area (Å²) in [6.07, 6.45) is 2.49. The molecule has 0 saturated carbocycles. The zero-order valence-electron chi connectivity index (χ0n) is 13.3. The fourth-order valence-corrected chi connectivity index (χ4v) is 4.73. The maximum atomic E-state index is 12.6. The van der Waals surface area contributed by atoms with Crippen molar-refractivity contribution in [3.8, 4) is 0 Å². The van der Waals surface area contributed by atoms with Gasteiger partial charge in [0.2, 0.25) is 0 Å². The number of aromatic nitrogens is 1. The summed E-state index contributed by atoms with van der Waals surface area (Å²) in [4.78, 5) is 19.9. The number of thiophene rings is 1. The Bertz CT molecular complexity index is 741. The third kappa shape index (κ3) is 2.52. The number of rotatable bonds is 2. The SMILES string of the molecule is CC(C)[NH+]1CCc2c(sc3c2C(=O)N[C@H](c2ccccn2)N3)C1. The van der Waals surface area contributed by atoms with Crippen molar-refractivity contribution in [1.82, 2.24) is 10.3 Å². The van der Waals surface area contributed by atoms with Crippen LogP contribution in [0, 0.1) is 0 Å². The number of anilines is 1. The van der Waals surface area contributed by atoms with E-state index < -0.39 is 0 Å². The van der Waals surface area contributed by atoms with Gasteiger partial charge in [-0.15, -0.1) is 11.3 Å². The third-order valence-corrected chi connectivity index (χ3v) is 5.92. The van der Waals surface area contributed by atoms with Crippen LogP contribution in [-0.2, 0) is 13.0 Å². The molecule has 1 unspecified atom stereocenters. The van der Waals surface area contributed by atoms with Crippen molar-refractivity contribution in [1.29, 1.82) is 0 Å². The van der Waals surface area contributed by atoms with Gasteiger partial charge in [-0.1, -0.05) is 6.07 Å². The monoisotopic (exact) mass is 329 g/mol. The maximum absolute atomic E-state index is 12.6. The fourth-order valence-electron chi connectivity index (χ4n) is 3.40. The largest absolute Gasteiger partial charge is 0.351 e. The molecule has 6 heteroatoms. The number of nitrogens with one attached hydrogen (secondary N) is 3. The molecular formula is C17H21N4OS+. The molecule has 0 aliphatic carbocycles. The Morgan fingerprint density at radius 2 is 2.22 bits per heavy atom.